The predicted octanol–water partition coefficient (Wildman–Crippen LogP) is 1.83. The first-order valence-electron chi connectivity index (χ1n) is 4.01. The van der Waals surface area contributed by atoms with Crippen LogP contribution in [0.4, 0.5) is 5.69 Å². The van der Waals surface area contributed by atoms with Crippen molar-refractivity contribution in [3.63, 3.8) is 0 Å². The Labute approximate surface area is 73.8 Å². The maximum Gasteiger partial charge on any atom is 0.135 e. The van der Waals surface area contributed by atoms with Gasteiger partial charge in [0.05, 0.1) is 14.1 Å². The van der Waals surface area contributed by atoms with Crippen LogP contribution in [0.5, 0.6) is 0 Å². The van der Waals surface area contributed by atoms with Gasteiger partial charge in [-0.1, -0.05) is 6.58 Å². The molecule has 0 N–H and O–H groups in total. The van der Waals surface area contributed by atoms with Crippen molar-refractivity contribution < 1.29 is 0 Å². The lowest BCUT2D eigenvalue weighted by Gasteiger charge is -2.27. The Bertz CT molecular complexity index is 252. The molecule has 0 saturated carbocycles. The molecule has 0 aromatic carbocycles. The molecule has 2 heteroatoms. The van der Waals surface area contributed by atoms with Gasteiger partial charge in [-0.2, -0.15) is 0 Å². The molecule has 64 valence electrons. The monoisotopic (exact) mass is 163 g/mol. The Morgan fingerprint density at radius 2 is 2.00 bits per heavy atom. The minimum absolute atomic E-state index is 0.825. The Balaban J connectivity index is 2.89. The van der Waals surface area contributed by atoms with E-state index in [1.54, 1.807) is 0 Å². The standard InChI is InChI=1S/C10H15N2/c1-4-9-12(2,3)10-5-7-11-8-6-10/h4-8H,1,9H2,2-3H3/q+1. The second-order valence-corrected chi connectivity index (χ2v) is 3.36. The van der Waals surface area contributed by atoms with E-state index in [-0.39, 0.29) is 0 Å². The van der Waals surface area contributed by atoms with Gasteiger partial charge in [-0.05, 0) is 6.08 Å². The topological polar surface area (TPSA) is 12.9 Å². The third-order valence-electron chi connectivity index (χ3n) is 1.95. The Hall–Kier alpha value is -1.15. The van der Waals surface area contributed by atoms with Gasteiger partial charge in [-0.15, -0.1) is 0 Å². The van der Waals surface area contributed by atoms with E-state index in [1.165, 1.54) is 5.69 Å². The number of nitrogens with zero attached hydrogens (tertiary/aromatic N) is 2. The molecule has 0 aliphatic rings. The summed E-state index contributed by atoms with van der Waals surface area (Å²) in [7, 11) is 4.30. The molecular weight excluding hydrogens is 148 g/mol. The first kappa shape index (κ1) is 8.94. The minimum atomic E-state index is 0.825. The van der Waals surface area contributed by atoms with Crippen LogP contribution in [0, 0.1) is 0 Å². The number of hydrogen-bond acceptors (Lipinski definition) is 1. The van der Waals surface area contributed by atoms with Gasteiger partial charge < -0.3 is 0 Å². The summed E-state index contributed by atoms with van der Waals surface area (Å²) in [5.41, 5.74) is 1.25. The van der Waals surface area contributed by atoms with Crippen LogP contribution < -0.4 is 4.48 Å². The molecule has 0 amide bonds. The van der Waals surface area contributed by atoms with E-state index < -0.39 is 0 Å². The summed E-state index contributed by atoms with van der Waals surface area (Å²) in [5.74, 6) is 0. The lowest BCUT2D eigenvalue weighted by atomic mass is 10.3. The zero-order valence-electron chi connectivity index (χ0n) is 7.70. The molecule has 0 spiro atoms. The smallest absolute Gasteiger partial charge is 0.135 e. The number of quaternary nitrogens is 1. The van der Waals surface area contributed by atoms with Crippen molar-refractivity contribution in [2.45, 2.75) is 0 Å². The van der Waals surface area contributed by atoms with Gasteiger partial charge >= 0.3 is 0 Å². The number of pyridine rings is 1. The quantitative estimate of drug-likeness (QED) is 0.489. The Morgan fingerprint density at radius 1 is 1.42 bits per heavy atom. The summed E-state index contributed by atoms with van der Waals surface area (Å²) < 4.78 is 0.825. The van der Waals surface area contributed by atoms with Crippen LogP contribution in [-0.4, -0.2) is 25.6 Å². The summed E-state index contributed by atoms with van der Waals surface area (Å²) in [5, 5.41) is 0. The predicted molar refractivity (Wildman–Crippen MR) is 52.9 cm³/mol. The number of likely N-dealkylation sites (N-methyl/N-ethyl adjacent to an activating group) is 1. The highest BCUT2D eigenvalue weighted by atomic mass is 15.3. The lowest BCUT2D eigenvalue weighted by molar-refractivity contribution is 0.441. The van der Waals surface area contributed by atoms with Gasteiger partial charge in [0, 0.05) is 24.5 Å². The first-order chi connectivity index (χ1) is 5.67. The molecule has 1 heterocycles. The van der Waals surface area contributed by atoms with Crippen molar-refractivity contribution in [2.75, 3.05) is 20.6 Å². The van der Waals surface area contributed by atoms with Gasteiger partial charge in [0.1, 0.15) is 12.2 Å². The fourth-order valence-electron chi connectivity index (χ4n) is 1.18. The molecule has 0 bridgehead atoms. The van der Waals surface area contributed by atoms with Gasteiger partial charge in [-0.3, -0.25) is 9.47 Å². The summed E-state index contributed by atoms with van der Waals surface area (Å²) in [6.07, 6.45) is 5.57. The number of rotatable bonds is 3. The second kappa shape index (κ2) is 3.50. The minimum Gasteiger partial charge on any atom is -0.293 e. The summed E-state index contributed by atoms with van der Waals surface area (Å²) in [6.45, 7) is 4.67. The van der Waals surface area contributed by atoms with E-state index in [2.05, 4.69) is 25.7 Å². The molecule has 1 aromatic rings. The largest absolute Gasteiger partial charge is 0.293 e. The van der Waals surface area contributed by atoms with Gasteiger partial charge in [0.25, 0.3) is 0 Å². The summed E-state index contributed by atoms with van der Waals surface area (Å²) in [4.78, 5) is 3.98. The molecule has 0 aliphatic heterocycles. The van der Waals surface area contributed by atoms with Crippen LogP contribution in [0.1, 0.15) is 0 Å². The zero-order valence-corrected chi connectivity index (χ0v) is 7.70. The van der Waals surface area contributed by atoms with Crippen molar-refractivity contribution in [2.24, 2.45) is 0 Å². The van der Waals surface area contributed by atoms with E-state index >= 15 is 0 Å². The van der Waals surface area contributed by atoms with Crippen LogP contribution in [0.2, 0.25) is 0 Å². The lowest BCUT2D eigenvalue weighted by Crippen LogP contribution is -2.40. The van der Waals surface area contributed by atoms with Crippen LogP contribution in [0.15, 0.2) is 37.2 Å². The van der Waals surface area contributed by atoms with Crippen LogP contribution in [0.25, 0.3) is 0 Å². The average molecular weight is 163 g/mol. The van der Waals surface area contributed by atoms with Crippen molar-refractivity contribution >= 4 is 5.69 Å². The van der Waals surface area contributed by atoms with Crippen molar-refractivity contribution in [3.05, 3.63) is 37.2 Å². The van der Waals surface area contributed by atoms with Crippen molar-refractivity contribution in [1.82, 2.24) is 9.47 Å². The highest BCUT2D eigenvalue weighted by molar-refractivity contribution is 5.39. The van der Waals surface area contributed by atoms with E-state index in [9.17, 15) is 0 Å². The molecular formula is C10H15N2+. The van der Waals surface area contributed by atoms with Crippen LogP contribution in [-0.2, 0) is 0 Å². The van der Waals surface area contributed by atoms with E-state index in [0.29, 0.717) is 0 Å². The maximum absolute atomic E-state index is 3.98. The normalized spacial score (nSPS) is 11.2. The fourth-order valence-corrected chi connectivity index (χ4v) is 1.18. The van der Waals surface area contributed by atoms with Gasteiger partial charge in [0.15, 0.2) is 0 Å². The van der Waals surface area contributed by atoms with E-state index in [1.807, 2.05) is 30.6 Å². The molecule has 1 aromatic heterocycles. The summed E-state index contributed by atoms with van der Waals surface area (Å²) in [6, 6.07) is 4.06. The maximum atomic E-state index is 3.98. The van der Waals surface area contributed by atoms with Gasteiger partial charge in [0.2, 0.25) is 0 Å². The summed E-state index contributed by atoms with van der Waals surface area (Å²) >= 11 is 0. The third kappa shape index (κ3) is 1.92. The zero-order chi connectivity index (χ0) is 9.03. The molecule has 0 atom stereocenters. The molecule has 0 saturated heterocycles. The van der Waals surface area contributed by atoms with Crippen LogP contribution >= 0.6 is 0 Å². The molecule has 0 radical (unpaired) electrons. The third-order valence-corrected chi connectivity index (χ3v) is 1.95. The Morgan fingerprint density at radius 3 is 2.50 bits per heavy atom. The van der Waals surface area contributed by atoms with Crippen molar-refractivity contribution in [1.29, 1.82) is 0 Å². The second-order valence-electron chi connectivity index (χ2n) is 3.36. The highest BCUT2D eigenvalue weighted by Gasteiger charge is 2.15. The van der Waals surface area contributed by atoms with Crippen molar-refractivity contribution in [3.8, 4) is 0 Å². The highest BCUT2D eigenvalue weighted by Crippen LogP contribution is 2.16. The first-order valence-corrected chi connectivity index (χ1v) is 4.01. The molecule has 0 unspecified atom stereocenters. The SMILES string of the molecule is C=CC[N+](C)(C)c1ccncc1. The Kier molecular flexibility index (Phi) is 2.61. The van der Waals surface area contributed by atoms with Gasteiger partial charge in [-0.25, -0.2) is 0 Å². The number of aromatic nitrogens is 1. The van der Waals surface area contributed by atoms with E-state index in [0.717, 1.165) is 11.0 Å². The molecule has 1 rings (SSSR count). The average Bonchev–Trinajstić information content (AvgIpc) is 2.06. The molecule has 2 nitrogen and oxygen atoms in total. The molecule has 0 aliphatic carbocycles. The fraction of sp³-hybridized carbons (Fsp3) is 0.300. The molecule has 12 heavy (non-hydrogen) atoms. The van der Waals surface area contributed by atoms with E-state index in [4.69, 9.17) is 0 Å². The number of hydrogen-bond donors (Lipinski definition) is 0. The molecule has 0 fully saturated rings. The van der Waals surface area contributed by atoms with Crippen LogP contribution in [0.3, 0.4) is 0 Å².